The van der Waals surface area contributed by atoms with E-state index in [1.54, 1.807) is 0 Å². The summed E-state index contributed by atoms with van der Waals surface area (Å²) in [4.78, 5) is 0. The third kappa shape index (κ3) is 2.14. The first-order valence-electron chi connectivity index (χ1n) is 4.03. The molecule has 0 aliphatic rings. The molecule has 0 aliphatic heterocycles. The summed E-state index contributed by atoms with van der Waals surface area (Å²) in [5.74, 6) is 0. The van der Waals surface area contributed by atoms with E-state index in [2.05, 4.69) is 28.2 Å². The summed E-state index contributed by atoms with van der Waals surface area (Å²) in [5, 5.41) is 3.26. The van der Waals surface area contributed by atoms with Gasteiger partial charge in [0, 0.05) is 11.0 Å². The van der Waals surface area contributed by atoms with Crippen LogP contribution in [0, 0.1) is 0 Å². The van der Waals surface area contributed by atoms with E-state index in [9.17, 15) is 0 Å². The van der Waals surface area contributed by atoms with Gasteiger partial charge in [-0.25, -0.2) is 0 Å². The number of nitrogens with one attached hydrogen (secondary N) is 1. The Balaban J connectivity index is 2.81. The fraction of sp³-hybridized carbons (Fsp3) is 0.333. The van der Waals surface area contributed by atoms with Crippen LogP contribution in [0.25, 0.3) is 0 Å². The van der Waals surface area contributed by atoms with Crippen LogP contribution >= 0.6 is 15.9 Å². The molecular formula is C9H13BrN2. The van der Waals surface area contributed by atoms with Crippen molar-refractivity contribution in [3.63, 3.8) is 0 Å². The van der Waals surface area contributed by atoms with E-state index in [4.69, 9.17) is 5.73 Å². The first-order chi connectivity index (χ1) is 5.75. The zero-order valence-corrected chi connectivity index (χ0v) is 8.69. The molecule has 0 saturated heterocycles. The number of para-hydroxylation sites is 1. The smallest absolute Gasteiger partial charge is 0.0718 e. The van der Waals surface area contributed by atoms with Crippen molar-refractivity contribution in [3.05, 3.63) is 22.7 Å². The van der Waals surface area contributed by atoms with Gasteiger partial charge in [-0.05, 0) is 34.5 Å². The zero-order valence-electron chi connectivity index (χ0n) is 7.10. The number of hydrogen-bond donors (Lipinski definition) is 2. The molecule has 3 heteroatoms. The van der Waals surface area contributed by atoms with Gasteiger partial charge >= 0.3 is 0 Å². The highest BCUT2D eigenvalue weighted by Gasteiger charge is 2.00. The molecule has 0 saturated carbocycles. The third-order valence-corrected chi connectivity index (χ3v) is 2.26. The Labute approximate surface area is 81.3 Å². The average Bonchev–Trinajstić information content (AvgIpc) is 2.04. The van der Waals surface area contributed by atoms with E-state index in [0.717, 1.165) is 28.8 Å². The maximum absolute atomic E-state index is 5.77. The monoisotopic (exact) mass is 228 g/mol. The molecule has 0 aliphatic carbocycles. The molecule has 12 heavy (non-hydrogen) atoms. The van der Waals surface area contributed by atoms with Gasteiger partial charge in [0.25, 0.3) is 0 Å². The van der Waals surface area contributed by atoms with Gasteiger partial charge in [0.15, 0.2) is 0 Å². The Morgan fingerprint density at radius 1 is 1.50 bits per heavy atom. The number of halogens is 1. The predicted octanol–water partition coefficient (Wildman–Crippen LogP) is 2.85. The Hall–Kier alpha value is -0.700. The normalized spacial score (nSPS) is 9.83. The molecule has 2 nitrogen and oxygen atoms in total. The molecule has 0 amide bonds. The van der Waals surface area contributed by atoms with Crippen LogP contribution in [0.15, 0.2) is 22.7 Å². The molecule has 0 unspecified atom stereocenters. The highest BCUT2D eigenvalue weighted by molar-refractivity contribution is 9.10. The van der Waals surface area contributed by atoms with Gasteiger partial charge in [-0.15, -0.1) is 0 Å². The van der Waals surface area contributed by atoms with E-state index in [-0.39, 0.29) is 0 Å². The minimum absolute atomic E-state index is 0.790. The summed E-state index contributed by atoms with van der Waals surface area (Å²) in [6.45, 7) is 3.08. The van der Waals surface area contributed by atoms with E-state index >= 15 is 0 Å². The van der Waals surface area contributed by atoms with Crippen molar-refractivity contribution >= 4 is 27.3 Å². The van der Waals surface area contributed by atoms with Gasteiger partial charge in [-0.2, -0.15) is 0 Å². The van der Waals surface area contributed by atoms with Crippen LogP contribution in [0.2, 0.25) is 0 Å². The third-order valence-electron chi connectivity index (χ3n) is 1.60. The maximum Gasteiger partial charge on any atom is 0.0718 e. The van der Waals surface area contributed by atoms with Crippen molar-refractivity contribution in [3.8, 4) is 0 Å². The SMILES string of the molecule is CCCNc1c(N)cccc1Br. The number of rotatable bonds is 3. The van der Waals surface area contributed by atoms with Crippen LogP contribution in [0.4, 0.5) is 11.4 Å². The van der Waals surface area contributed by atoms with Gasteiger partial charge in [0.1, 0.15) is 0 Å². The van der Waals surface area contributed by atoms with Crippen LogP contribution in [0.5, 0.6) is 0 Å². The van der Waals surface area contributed by atoms with Crippen molar-refractivity contribution in [2.75, 3.05) is 17.6 Å². The molecule has 1 aromatic rings. The van der Waals surface area contributed by atoms with Crippen molar-refractivity contribution < 1.29 is 0 Å². The van der Waals surface area contributed by atoms with Crippen LogP contribution in [-0.2, 0) is 0 Å². The molecule has 0 radical (unpaired) electrons. The molecule has 1 aromatic carbocycles. The molecule has 0 atom stereocenters. The quantitative estimate of drug-likeness (QED) is 0.782. The second-order valence-corrected chi connectivity index (χ2v) is 3.49. The minimum atomic E-state index is 0.790. The van der Waals surface area contributed by atoms with Gasteiger partial charge in [-0.3, -0.25) is 0 Å². The van der Waals surface area contributed by atoms with Crippen molar-refractivity contribution in [2.45, 2.75) is 13.3 Å². The van der Waals surface area contributed by atoms with Crippen LogP contribution in [-0.4, -0.2) is 6.54 Å². The first kappa shape index (κ1) is 9.39. The number of hydrogen-bond acceptors (Lipinski definition) is 2. The second-order valence-electron chi connectivity index (χ2n) is 2.63. The lowest BCUT2D eigenvalue weighted by atomic mass is 10.2. The summed E-state index contributed by atoms with van der Waals surface area (Å²) >= 11 is 3.43. The Bertz CT molecular complexity index is 240. The minimum Gasteiger partial charge on any atom is -0.397 e. The lowest BCUT2D eigenvalue weighted by molar-refractivity contribution is 0.979. The largest absolute Gasteiger partial charge is 0.397 e. The Morgan fingerprint density at radius 3 is 2.83 bits per heavy atom. The lowest BCUT2D eigenvalue weighted by Crippen LogP contribution is -2.03. The fourth-order valence-electron chi connectivity index (χ4n) is 0.977. The van der Waals surface area contributed by atoms with E-state index in [0.29, 0.717) is 0 Å². The van der Waals surface area contributed by atoms with Gasteiger partial charge in [-0.1, -0.05) is 13.0 Å². The predicted molar refractivity (Wildman–Crippen MR) is 57.3 cm³/mol. The molecule has 0 bridgehead atoms. The van der Waals surface area contributed by atoms with Crippen LogP contribution < -0.4 is 11.1 Å². The standard InChI is InChI=1S/C9H13BrN2/c1-2-6-12-9-7(10)4-3-5-8(9)11/h3-5,12H,2,6,11H2,1H3. The van der Waals surface area contributed by atoms with Crippen molar-refractivity contribution in [1.29, 1.82) is 0 Å². The summed E-state index contributed by atoms with van der Waals surface area (Å²) in [5.41, 5.74) is 7.56. The molecule has 0 fully saturated rings. The van der Waals surface area contributed by atoms with Gasteiger partial charge in [0.05, 0.1) is 11.4 Å². The van der Waals surface area contributed by atoms with E-state index in [1.807, 2.05) is 18.2 Å². The summed E-state index contributed by atoms with van der Waals surface area (Å²) < 4.78 is 1.02. The summed E-state index contributed by atoms with van der Waals surface area (Å²) in [6, 6.07) is 5.80. The number of benzene rings is 1. The van der Waals surface area contributed by atoms with Crippen LogP contribution in [0.3, 0.4) is 0 Å². The maximum atomic E-state index is 5.77. The molecule has 0 aromatic heterocycles. The molecule has 66 valence electrons. The second kappa shape index (κ2) is 4.36. The Morgan fingerprint density at radius 2 is 2.25 bits per heavy atom. The van der Waals surface area contributed by atoms with Crippen LogP contribution in [0.1, 0.15) is 13.3 Å². The highest BCUT2D eigenvalue weighted by Crippen LogP contribution is 2.27. The molecule has 3 N–H and O–H groups in total. The molecule has 0 heterocycles. The van der Waals surface area contributed by atoms with E-state index in [1.165, 1.54) is 0 Å². The molecular weight excluding hydrogens is 216 g/mol. The zero-order chi connectivity index (χ0) is 8.97. The van der Waals surface area contributed by atoms with Gasteiger partial charge in [0.2, 0.25) is 0 Å². The summed E-state index contributed by atoms with van der Waals surface area (Å²) in [7, 11) is 0. The van der Waals surface area contributed by atoms with Gasteiger partial charge < -0.3 is 11.1 Å². The Kier molecular flexibility index (Phi) is 3.41. The fourth-order valence-corrected chi connectivity index (χ4v) is 1.50. The topological polar surface area (TPSA) is 38.0 Å². The van der Waals surface area contributed by atoms with Crippen molar-refractivity contribution in [1.82, 2.24) is 0 Å². The number of nitrogens with two attached hydrogens (primary N) is 1. The number of anilines is 2. The average molecular weight is 229 g/mol. The lowest BCUT2D eigenvalue weighted by Gasteiger charge is -2.09. The molecule has 1 rings (SSSR count). The number of nitrogen functional groups attached to an aromatic ring is 1. The van der Waals surface area contributed by atoms with Crippen molar-refractivity contribution in [2.24, 2.45) is 0 Å². The molecule has 0 spiro atoms. The first-order valence-corrected chi connectivity index (χ1v) is 4.83. The highest BCUT2D eigenvalue weighted by atomic mass is 79.9. The summed E-state index contributed by atoms with van der Waals surface area (Å²) in [6.07, 6.45) is 1.10. The van der Waals surface area contributed by atoms with E-state index < -0.39 is 0 Å².